The van der Waals surface area contributed by atoms with E-state index in [2.05, 4.69) is 49.6 Å². The number of carbonyl (C=O) groups excluding carboxylic acids is 1. The van der Waals surface area contributed by atoms with Crippen LogP contribution in [0.1, 0.15) is 6.92 Å². The monoisotopic (exact) mass is 449 g/mol. The van der Waals surface area contributed by atoms with E-state index in [-0.39, 0.29) is 11.7 Å². The molecule has 1 amide bonds. The maximum Gasteiger partial charge on any atom is 0.234 e. The molecule has 4 rings (SSSR count). The summed E-state index contributed by atoms with van der Waals surface area (Å²) in [5, 5.41) is 12.3. The molecular weight excluding hydrogens is 422 g/mol. The molecule has 1 fully saturated rings. The number of anilines is 3. The second-order valence-corrected chi connectivity index (χ2v) is 8.33. The fourth-order valence-electron chi connectivity index (χ4n) is 3.53. The number of thioether (sulfide) groups is 1. The van der Waals surface area contributed by atoms with Crippen molar-refractivity contribution in [3.63, 3.8) is 0 Å². The van der Waals surface area contributed by atoms with Gasteiger partial charge in [-0.2, -0.15) is 0 Å². The van der Waals surface area contributed by atoms with Gasteiger partial charge in [0, 0.05) is 37.6 Å². The van der Waals surface area contributed by atoms with Crippen molar-refractivity contribution in [3.05, 3.63) is 66.7 Å². The van der Waals surface area contributed by atoms with Crippen LogP contribution in [0.25, 0.3) is 0 Å². The molecule has 2 heterocycles. The third-order valence-electron chi connectivity index (χ3n) is 5.15. The molecule has 1 N–H and O–H groups in total. The normalized spacial score (nSPS) is 13.7. The van der Waals surface area contributed by atoms with Crippen molar-refractivity contribution in [1.29, 1.82) is 0 Å². The van der Waals surface area contributed by atoms with Gasteiger partial charge in [0.15, 0.2) is 5.82 Å². The molecule has 32 heavy (non-hydrogen) atoms. The Labute approximate surface area is 192 Å². The number of hydrogen-bond donors (Lipinski definition) is 1. The topological polar surface area (TPSA) is 70.6 Å². The number of benzene rings is 2. The summed E-state index contributed by atoms with van der Waals surface area (Å²) in [4.78, 5) is 16.9. The van der Waals surface area contributed by atoms with Gasteiger partial charge in [-0.25, -0.2) is 0 Å². The number of piperazine rings is 1. The van der Waals surface area contributed by atoms with Crippen LogP contribution in [0, 0.1) is 0 Å². The van der Waals surface area contributed by atoms with Crippen LogP contribution in [0.5, 0.6) is 5.75 Å². The summed E-state index contributed by atoms with van der Waals surface area (Å²) in [6.07, 6.45) is 0. The summed E-state index contributed by atoms with van der Waals surface area (Å²) in [7, 11) is 0. The lowest BCUT2D eigenvalue weighted by Gasteiger charge is -2.36. The highest BCUT2D eigenvalue weighted by molar-refractivity contribution is 7.99. The van der Waals surface area contributed by atoms with Gasteiger partial charge in [0.2, 0.25) is 5.91 Å². The van der Waals surface area contributed by atoms with Crippen LogP contribution in [-0.2, 0) is 4.79 Å². The minimum absolute atomic E-state index is 0.0814. The molecule has 0 unspecified atom stereocenters. The maximum atomic E-state index is 12.2. The Morgan fingerprint density at radius 3 is 2.31 bits per heavy atom. The fourth-order valence-corrected chi connectivity index (χ4v) is 4.14. The Bertz CT molecular complexity index is 991. The van der Waals surface area contributed by atoms with Gasteiger partial charge in [-0.3, -0.25) is 4.79 Å². The van der Waals surface area contributed by atoms with Crippen molar-refractivity contribution in [2.75, 3.05) is 53.7 Å². The van der Waals surface area contributed by atoms with E-state index in [9.17, 15) is 4.79 Å². The van der Waals surface area contributed by atoms with Crippen molar-refractivity contribution in [1.82, 2.24) is 10.2 Å². The Kier molecular flexibility index (Phi) is 7.45. The van der Waals surface area contributed by atoms with Crippen molar-refractivity contribution in [2.24, 2.45) is 0 Å². The zero-order valence-corrected chi connectivity index (χ0v) is 18.9. The number of para-hydroxylation sites is 1. The van der Waals surface area contributed by atoms with E-state index < -0.39 is 0 Å². The fraction of sp³-hybridized carbons (Fsp3) is 0.292. The molecule has 2 aromatic carbocycles. The van der Waals surface area contributed by atoms with Gasteiger partial charge < -0.3 is 19.9 Å². The molecule has 0 aliphatic carbocycles. The molecule has 1 aliphatic heterocycles. The first-order valence-corrected chi connectivity index (χ1v) is 11.7. The van der Waals surface area contributed by atoms with Crippen molar-refractivity contribution in [2.45, 2.75) is 11.9 Å². The van der Waals surface area contributed by atoms with Crippen LogP contribution in [0.3, 0.4) is 0 Å². The third kappa shape index (κ3) is 5.91. The summed E-state index contributed by atoms with van der Waals surface area (Å²) >= 11 is 1.37. The highest BCUT2D eigenvalue weighted by Crippen LogP contribution is 2.21. The SMILES string of the molecule is CCOc1ccc(NC(=O)CSc2ccc(N3CCN(c4ccccc4)CC3)nn2)cc1. The lowest BCUT2D eigenvalue weighted by molar-refractivity contribution is -0.113. The summed E-state index contributed by atoms with van der Waals surface area (Å²) in [6.45, 7) is 6.27. The van der Waals surface area contributed by atoms with Crippen molar-refractivity contribution in [3.8, 4) is 5.75 Å². The van der Waals surface area contributed by atoms with Crippen molar-refractivity contribution >= 4 is 34.9 Å². The van der Waals surface area contributed by atoms with E-state index in [4.69, 9.17) is 4.74 Å². The first-order valence-electron chi connectivity index (χ1n) is 10.8. The maximum absolute atomic E-state index is 12.2. The first-order chi connectivity index (χ1) is 15.7. The minimum Gasteiger partial charge on any atom is -0.494 e. The summed E-state index contributed by atoms with van der Waals surface area (Å²) < 4.78 is 5.41. The van der Waals surface area contributed by atoms with Crippen molar-refractivity contribution < 1.29 is 9.53 Å². The number of carbonyl (C=O) groups is 1. The Morgan fingerprint density at radius 2 is 1.66 bits per heavy atom. The summed E-state index contributed by atoms with van der Waals surface area (Å²) in [6, 6.07) is 21.7. The van der Waals surface area contributed by atoms with Gasteiger partial charge in [-0.15, -0.1) is 10.2 Å². The van der Waals surface area contributed by atoms with E-state index in [1.807, 2.05) is 49.4 Å². The molecule has 8 heteroatoms. The van der Waals surface area contributed by atoms with Crippen LogP contribution in [0.4, 0.5) is 17.2 Å². The smallest absolute Gasteiger partial charge is 0.234 e. The molecule has 1 saturated heterocycles. The number of aromatic nitrogens is 2. The van der Waals surface area contributed by atoms with Crippen LogP contribution in [0.15, 0.2) is 71.8 Å². The highest BCUT2D eigenvalue weighted by Gasteiger charge is 2.18. The van der Waals surface area contributed by atoms with Gasteiger partial charge in [-0.05, 0) is 55.5 Å². The van der Waals surface area contributed by atoms with E-state index in [0.29, 0.717) is 6.61 Å². The molecule has 0 atom stereocenters. The average Bonchev–Trinajstić information content (AvgIpc) is 2.85. The van der Waals surface area contributed by atoms with Crippen LogP contribution in [-0.4, -0.2) is 54.6 Å². The minimum atomic E-state index is -0.0814. The molecule has 0 bridgehead atoms. The van der Waals surface area contributed by atoms with E-state index >= 15 is 0 Å². The number of hydrogen-bond acceptors (Lipinski definition) is 7. The summed E-state index contributed by atoms with van der Waals surface area (Å²) in [5.74, 6) is 1.86. The zero-order chi connectivity index (χ0) is 22.2. The molecule has 166 valence electrons. The highest BCUT2D eigenvalue weighted by atomic mass is 32.2. The number of nitrogens with zero attached hydrogens (tertiary/aromatic N) is 4. The van der Waals surface area contributed by atoms with Gasteiger partial charge in [0.1, 0.15) is 10.8 Å². The van der Waals surface area contributed by atoms with Gasteiger partial charge in [0.25, 0.3) is 0 Å². The second kappa shape index (κ2) is 10.9. The van der Waals surface area contributed by atoms with Crippen LogP contribution < -0.4 is 19.9 Å². The van der Waals surface area contributed by atoms with Gasteiger partial charge in [-0.1, -0.05) is 30.0 Å². The quantitative estimate of drug-likeness (QED) is 0.523. The predicted molar refractivity (Wildman–Crippen MR) is 130 cm³/mol. The Hall–Kier alpha value is -3.26. The van der Waals surface area contributed by atoms with Gasteiger partial charge >= 0.3 is 0 Å². The van der Waals surface area contributed by atoms with E-state index in [1.54, 1.807) is 0 Å². The zero-order valence-electron chi connectivity index (χ0n) is 18.1. The molecule has 0 spiro atoms. The Balaban J connectivity index is 1.23. The lowest BCUT2D eigenvalue weighted by atomic mass is 10.2. The first kappa shape index (κ1) is 22.0. The lowest BCUT2D eigenvalue weighted by Crippen LogP contribution is -2.46. The van der Waals surface area contributed by atoms with Gasteiger partial charge in [0.05, 0.1) is 12.4 Å². The largest absolute Gasteiger partial charge is 0.494 e. The summed E-state index contributed by atoms with van der Waals surface area (Å²) in [5.41, 5.74) is 2.00. The van der Waals surface area contributed by atoms with Crippen LogP contribution >= 0.6 is 11.8 Å². The number of ether oxygens (including phenoxy) is 1. The van der Waals surface area contributed by atoms with E-state index in [1.165, 1.54) is 17.4 Å². The molecule has 3 aromatic rings. The molecule has 1 aliphatic rings. The molecule has 1 aromatic heterocycles. The molecule has 7 nitrogen and oxygen atoms in total. The second-order valence-electron chi connectivity index (χ2n) is 7.33. The predicted octanol–water partition coefficient (Wildman–Crippen LogP) is 3.93. The molecular formula is C24H27N5O2S. The third-order valence-corrected chi connectivity index (χ3v) is 6.07. The number of rotatable bonds is 8. The van der Waals surface area contributed by atoms with Crippen LogP contribution in [0.2, 0.25) is 0 Å². The number of nitrogens with one attached hydrogen (secondary N) is 1. The standard InChI is InChI=1S/C24H27N5O2S/c1-2-31-21-10-8-19(9-11-21)25-23(30)18-32-24-13-12-22(26-27-24)29-16-14-28(15-17-29)20-6-4-3-5-7-20/h3-13H,2,14-18H2,1H3,(H,25,30). The molecule has 0 radical (unpaired) electrons. The number of amides is 1. The Morgan fingerprint density at radius 1 is 0.938 bits per heavy atom. The molecule has 0 saturated carbocycles. The average molecular weight is 450 g/mol. The van der Waals surface area contributed by atoms with E-state index in [0.717, 1.165) is 48.5 Å².